The van der Waals surface area contributed by atoms with Crippen LogP contribution in [0.1, 0.15) is 18.9 Å². The van der Waals surface area contributed by atoms with Gasteiger partial charge in [-0.3, -0.25) is 4.79 Å². The Balaban J connectivity index is 1.93. The summed E-state index contributed by atoms with van der Waals surface area (Å²) in [6.07, 6.45) is 0.378. The SMILES string of the molecule is CCOC(=O)CCN(C)Cc1cc(Cl)c2c(c1)OCCO2. The van der Waals surface area contributed by atoms with Gasteiger partial charge in [-0.1, -0.05) is 11.6 Å². The summed E-state index contributed by atoms with van der Waals surface area (Å²) in [6.45, 7) is 4.58. The first-order valence-corrected chi connectivity index (χ1v) is 7.40. The molecule has 0 bridgehead atoms. The second-order valence-electron chi connectivity index (χ2n) is 4.89. The van der Waals surface area contributed by atoms with E-state index in [2.05, 4.69) is 0 Å². The zero-order valence-corrected chi connectivity index (χ0v) is 13.1. The molecule has 1 aliphatic rings. The molecule has 0 aromatic heterocycles. The van der Waals surface area contributed by atoms with E-state index in [0.29, 0.717) is 55.9 Å². The van der Waals surface area contributed by atoms with Gasteiger partial charge in [0.05, 0.1) is 18.1 Å². The number of rotatable bonds is 6. The lowest BCUT2D eigenvalue weighted by Gasteiger charge is -2.22. The number of esters is 1. The molecule has 0 spiro atoms. The second kappa shape index (κ2) is 7.52. The Labute approximate surface area is 129 Å². The summed E-state index contributed by atoms with van der Waals surface area (Å²) in [7, 11) is 1.95. The van der Waals surface area contributed by atoms with E-state index in [-0.39, 0.29) is 5.97 Å². The number of nitrogens with zero attached hydrogens (tertiary/aromatic N) is 1. The van der Waals surface area contributed by atoms with Crippen LogP contribution >= 0.6 is 11.6 Å². The van der Waals surface area contributed by atoms with Crippen molar-refractivity contribution in [2.75, 3.05) is 33.4 Å². The first kappa shape index (κ1) is 15.9. The fourth-order valence-electron chi connectivity index (χ4n) is 2.16. The molecule has 0 N–H and O–H groups in total. The number of ether oxygens (including phenoxy) is 3. The minimum Gasteiger partial charge on any atom is -0.486 e. The Bertz CT molecular complexity index is 507. The van der Waals surface area contributed by atoms with E-state index < -0.39 is 0 Å². The highest BCUT2D eigenvalue weighted by Gasteiger charge is 2.17. The average Bonchev–Trinajstić information content (AvgIpc) is 2.45. The quantitative estimate of drug-likeness (QED) is 0.755. The van der Waals surface area contributed by atoms with Crippen LogP contribution in [0.5, 0.6) is 11.5 Å². The van der Waals surface area contributed by atoms with Crippen LogP contribution in [-0.4, -0.2) is 44.3 Å². The fourth-order valence-corrected chi connectivity index (χ4v) is 2.45. The van der Waals surface area contributed by atoms with Crippen LogP contribution in [-0.2, 0) is 16.1 Å². The van der Waals surface area contributed by atoms with Crippen LogP contribution in [0.25, 0.3) is 0 Å². The lowest BCUT2D eigenvalue weighted by atomic mass is 10.1. The Morgan fingerprint density at radius 3 is 2.90 bits per heavy atom. The van der Waals surface area contributed by atoms with Gasteiger partial charge in [0.15, 0.2) is 11.5 Å². The summed E-state index contributed by atoms with van der Waals surface area (Å²) in [4.78, 5) is 13.4. The molecule has 0 aliphatic carbocycles. The van der Waals surface area contributed by atoms with E-state index in [9.17, 15) is 4.79 Å². The van der Waals surface area contributed by atoms with Crippen LogP contribution in [0.2, 0.25) is 5.02 Å². The van der Waals surface area contributed by atoms with Crippen molar-refractivity contribution in [1.82, 2.24) is 4.90 Å². The molecule has 0 fully saturated rings. The van der Waals surface area contributed by atoms with Gasteiger partial charge in [0.2, 0.25) is 0 Å². The van der Waals surface area contributed by atoms with E-state index in [1.165, 1.54) is 0 Å². The van der Waals surface area contributed by atoms with Gasteiger partial charge < -0.3 is 19.1 Å². The first-order valence-electron chi connectivity index (χ1n) is 7.02. The smallest absolute Gasteiger partial charge is 0.307 e. The largest absolute Gasteiger partial charge is 0.486 e. The predicted molar refractivity (Wildman–Crippen MR) is 80.0 cm³/mol. The molecule has 5 nitrogen and oxygen atoms in total. The average molecular weight is 314 g/mol. The van der Waals surface area contributed by atoms with E-state index in [1.54, 1.807) is 6.92 Å². The van der Waals surface area contributed by atoms with E-state index in [1.807, 2.05) is 24.1 Å². The summed E-state index contributed by atoms with van der Waals surface area (Å²) >= 11 is 6.20. The van der Waals surface area contributed by atoms with Crippen LogP contribution in [0.4, 0.5) is 0 Å². The van der Waals surface area contributed by atoms with Crippen LogP contribution in [0.3, 0.4) is 0 Å². The molecule has 0 amide bonds. The molecular formula is C15H20ClNO4. The molecule has 6 heteroatoms. The predicted octanol–water partition coefficient (Wildman–Crippen LogP) is 2.50. The second-order valence-corrected chi connectivity index (χ2v) is 5.30. The third kappa shape index (κ3) is 4.51. The van der Waals surface area contributed by atoms with Crippen molar-refractivity contribution in [3.8, 4) is 11.5 Å². The minimum atomic E-state index is -0.176. The fraction of sp³-hybridized carbons (Fsp3) is 0.533. The lowest BCUT2D eigenvalue weighted by Crippen LogP contribution is -2.22. The van der Waals surface area contributed by atoms with Gasteiger partial charge in [0.1, 0.15) is 13.2 Å². The Morgan fingerprint density at radius 2 is 2.14 bits per heavy atom. The van der Waals surface area contributed by atoms with Crippen LogP contribution in [0.15, 0.2) is 12.1 Å². The number of hydrogen-bond acceptors (Lipinski definition) is 5. The zero-order valence-electron chi connectivity index (χ0n) is 12.4. The van der Waals surface area contributed by atoms with Crippen molar-refractivity contribution in [1.29, 1.82) is 0 Å². The van der Waals surface area contributed by atoms with E-state index in [0.717, 1.165) is 5.56 Å². The summed E-state index contributed by atoms with van der Waals surface area (Å²) in [5.41, 5.74) is 1.02. The van der Waals surface area contributed by atoms with Crippen LogP contribution in [0, 0.1) is 0 Å². The van der Waals surface area contributed by atoms with Gasteiger partial charge in [-0.2, -0.15) is 0 Å². The molecule has 21 heavy (non-hydrogen) atoms. The van der Waals surface area contributed by atoms with Crippen LogP contribution < -0.4 is 9.47 Å². The number of hydrogen-bond donors (Lipinski definition) is 0. The topological polar surface area (TPSA) is 48.0 Å². The molecule has 0 saturated carbocycles. The standard InChI is InChI=1S/C15H20ClNO4/c1-3-19-14(18)4-5-17(2)10-11-8-12(16)15-13(9-11)20-6-7-21-15/h8-9H,3-7,10H2,1-2H3. The maximum atomic E-state index is 11.3. The maximum absolute atomic E-state index is 11.3. The van der Waals surface area contributed by atoms with Gasteiger partial charge in [0, 0.05) is 13.1 Å². The minimum absolute atomic E-state index is 0.176. The van der Waals surface area contributed by atoms with Crippen molar-refractivity contribution in [3.05, 3.63) is 22.7 Å². The zero-order chi connectivity index (χ0) is 15.2. The lowest BCUT2D eigenvalue weighted by molar-refractivity contribution is -0.143. The molecule has 116 valence electrons. The van der Waals surface area contributed by atoms with Gasteiger partial charge in [-0.25, -0.2) is 0 Å². The highest BCUT2D eigenvalue weighted by atomic mass is 35.5. The summed E-state index contributed by atoms with van der Waals surface area (Å²) in [5.74, 6) is 1.12. The van der Waals surface area contributed by atoms with Gasteiger partial charge >= 0.3 is 5.97 Å². The Morgan fingerprint density at radius 1 is 1.38 bits per heavy atom. The molecule has 0 atom stereocenters. The molecule has 1 heterocycles. The molecule has 0 saturated heterocycles. The highest BCUT2D eigenvalue weighted by molar-refractivity contribution is 6.32. The summed E-state index contributed by atoms with van der Waals surface area (Å²) in [6, 6.07) is 3.80. The monoisotopic (exact) mass is 313 g/mol. The van der Waals surface area contributed by atoms with Crippen molar-refractivity contribution < 1.29 is 19.0 Å². The summed E-state index contributed by atoms with van der Waals surface area (Å²) in [5, 5.41) is 0.556. The number of carbonyl (C=O) groups is 1. The molecule has 2 rings (SSSR count). The first-order chi connectivity index (χ1) is 10.1. The molecule has 1 aromatic carbocycles. The van der Waals surface area contributed by atoms with Gasteiger partial charge in [-0.05, 0) is 31.7 Å². The maximum Gasteiger partial charge on any atom is 0.307 e. The van der Waals surface area contributed by atoms with Gasteiger partial charge in [0.25, 0.3) is 0 Å². The highest BCUT2D eigenvalue weighted by Crippen LogP contribution is 2.38. The number of carbonyl (C=O) groups excluding carboxylic acids is 1. The number of fused-ring (bicyclic) bond motifs is 1. The normalized spacial score (nSPS) is 13.3. The molecule has 1 aliphatic heterocycles. The molecular weight excluding hydrogens is 294 g/mol. The Kier molecular flexibility index (Phi) is 5.70. The van der Waals surface area contributed by atoms with Crippen molar-refractivity contribution in [2.24, 2.45) is 0 Å². The van der Waals surface area contributed by atoms with Crippen molar-refractivity contribution in [2.45, 2.75) is 19.9 Å². The van der Waals surface area contributed by atoms with Crippen molar-refractivity contribution >= 4 is 17.6 Å². The third-order valence-electron chi connectivity index (χ3n) is 3.11. The van der Waals surface area contributed by atoms with E-state index in [4.69, 9.17) is 25.8 Å². The van der Waals surface area contributed by atoms with Crippen molar-refractivity contribution in [3.63, 3.8) is 0 Å². The third-order valence-corrected chi connectivity index (χ3v) is 3.39. The number of halogens is 1. The molecule has 1 aromatic rings. The summed E-state index contributed by atoms with van der Waals surface area (Å²) < 4.78 is 16.0. The molecule has 0 unspecified atom stereocenters. The molecule has 0 radical (unpaired) electrons. The van der Waals surface area contributed by atoms with Gasteiger partial charge in [-0.15, -0.1) is 0 Å². The Hall–Kier alpha value is -1.46. The van der Waals surface area contributed by atoms with E-state index >= 15 is 0 Å². The number of benzene rings is 1.